The van der Waals surface area contributed by atoms with E-state index in [1.54, 1.807) is 34.9 Å². The molecule has 4 heteroatoms. The maximum absolute atomic E-state index is 13.2. The van der Waals surface area contributed by atoms with Crippen molar-refractivity contribution >= 4 is 10.9 Å². The Bertz CT molecular complexity index is 1150. The van der Waals surface area contributed by atoms with Gasteiger partial charge in [-0.25, -0.2) is 4.98 Å². The molecule has 1 heterocycles. The zero-order valence-corrected chi connectivity index (χ0v) is 13.7. The van der Waals surface area contributed by atoms with Crippen LogP contribution in [0, 0.1) is 6.92 Å². The Kier molecular flexibility index (Phi) is 3.58. The van der Waals surface area contributed by atoms with Gasteiger partial charge in [-0.15, -0.1) is 0 Å². The summed E-state index contributed by atoms with van der Waals surface area (Å²) in [6.45, 7) is 1.97. The summed E-state index contributed by atoms with van der Waals surface area (Å²) >= 11 is 0. The van der Waals surface area contributed by atoms with E-state index in [0.29, 0.717) is 22.3 Å². The first-order valence-corrected chi connectivity index (χ1v) is 8.02. The van der Waals surface area contributed by atoms with Crippen LogP contribution in [0.15, 0.2) is 77.6 Å². The largest absolute Gasteiger partial charge is 0.507 e. The molecule has 25 heavy (non-hydrogen) atoms. The number of phenolic OH excluding ortho intramolecular Hbond substituents is 1. The number of benzene rings is 3. The summed E-state index contributed by atoms with van der Waals surface area (Å²) in [4.78, 5) is 17.9. The van der Waals surface area contributed by atoms with Crippen LogP contribution in [0.2, 0.25) is 0 Å². The molecule has 0 saturated carbocycles. The maximum atomic E-state index is 13.2. The minimum absolute atomic E-state index is 0.0890. The summed E-state index contributed by atoms with van der Waals surface area (Å²) in [7, 11) is 0. The lowest BCUT2D eigenvalue weighted by Crippen LogP contribution is -2.22. The minimum atomic E-state index is -0.158. The number of nitrogens with zero attached hydrogens (tertiary/aromatic N) is 2. The average molecular weight is 328 g/mol. The van der Waals surface area contributed by atoms with Gasteiger partial charge in [0.25, 0.3) is 5.56 Å². The molecular formula is C21H16N2O2. The molecule has 0 spiro atoms. The normalized spacial score (nSPS) is 10.9. The lowest BCUT2D eigenvalue weighted by atomic mass is 10.1. The number of hydrogen-bond donors (Lipinski definition) is 1. The topological polar surface area (TPSA) is 55.1 Å². The third-order valence-electron chi connectivity index (χ3n) is 4.18. The van der Waals surface area contributed by atoms with Crippen molar-refractivity contribution in [1.29, 1.82) is 0 Å². The average Bonchev–Trinajstić information content (AvgIpc) is 2.62. The first-order chi connectivity index (χ1) is 12.1. The number of hydrogen-bond acceptors (Lipinski definition) is 3. The monoisotopic (exact) mass is 328 g/mol. The summed E-state index contributed by atoms with van der Waals surface area (Å²) in [5.41, 5.74) is 2.73. The van der Waals surface area contributed by atoms with Crippen molar-refractivity contribution in [2.24, 2.45) is 0 Å². The predicted molar refractivity (Wildman–Crippen MR) is 99.2 cm³/mol. The van der Waals surface area contributed by atoms with E-state index in [1.807, 2.05) is 49.4 Å². The number of aromatic hydroxyl groups is 1. The van der Waals surface area contributed by atoms with Crippen molar-refractivity contribution in [3.8, 4) is 22.8 Å². The highest BCUT2D eigenvalue weighted by Crippen LogP contribution is 2.29. The molecule has 4 aromatic rings. The molecule has 0 atom stereocenters. The molecule has 122 valence electrons. The predicted octanol–water partition coefficient (Wildman–Crippen LogP) is 4.07. The van der Waals surface area contributed by atoms with Gasteiger partial charge in [0, 0.05) is 0 Å². The van der Waals surface area contributed by atoms with Crippen LogP contribution in [0.25, 0.3) is 28.0 Å². The number of aryl methyl sites for hydroxylation is 1. The Hall–Kier alpha value is -3.40. The molecule has 3 aromatic carbocycles. The van der Waals surface area contributed by atoms with Crippen molar-refractivity contribution in [3.63, 3.8) is 0 Å². The van der Waals surface area contributed by atoms with Crippen molar-refractivity contribution < 1.29 is 5.11 Å². The van der Waals surface area contributed by atoms with Gasteiger partial charge in [0.15, 0.2) is 5.82 Å². The molecule has 4 rings (SSSR count). The minimum Gasteiger partial charge on any atom is -0.507 e. The zero-order valence-electron chi connectivity index (χ0n) is 13.7. The van der Waals surface area contributed by atoms with Crippen molar-refractivity contribution in [3.05, 3.63) is 88.7 Å². The fourth-order valence-electron chi connectivity index (χ4n) is 2.98. The van der Waals surface area contributed by atoms with Crippen LogP contribution in [0.4, 0.5) is 0 Å². The van der Waals surface area contributed by atoms with Gasteiger partial charge in [-0.3, -0.25) is 9.36 Å². The highest BCUT2D eigenvalue weighted by Gasteiger charge is 2.16. The van der Waals surface area contributed by atoms with Gasteiger partial charge in [0.1, 0.15) is 5.75 Å². The molecule has 0 aliphatic heterocycles. The van der Waals surface area contributed by atoms with Crippen LogP contribution in [-0.2, 0) is 0 Å². The van der Waals surface area contributed by atoms with E-state index in [0.717, 1.165) is 11.3 Å². The molecule has 1 aromatic heterocycles. The lowest BCUT2D eigenvalue weighted by Gasteiger charge is -2.15. The second-order valence-electron chi connectivity index (χ2n) is 5.95. The summed E-state index contributed by atoms with van der Waals surface area (Å²) in [6, 6.07) is 21.8. The van der Waals surface area contributed by atoms with Gasteiger partial charge in [-0.2, -0.15) is 0 Å². The third-order valence-corrected chi connectivity index (χ3v) is 4.18. The van der Waals surface area contributed by atoms with Crippen LogP contribution in [0.5, 0.6) is 5.75 Å². The molecule has 0 bridgehead atoms. The molecule has 0 fully saturated rings. The summed E-state index contributed by atoms with van der Waals surface area (Å²) < 4.78 is 1.56. The first-order valence-electron chi connectivity index (χ1n) is 8.02. The summed E-state index contributed by atoms with van der Waals surface area (Å²) in [5.74, 6) is 0.512. The highest BCUT2D eigenvalue weighted by molar-refractivity contribution is 5.81. The number of phenols is 1. The van der Waals surface area contributed by atoms with Crippen LogP contribution in [-0.4, -0.2) is 14.7 Å². The number of rotatable bonds is 2. The van der Waals surface area contributed by atoms with Gasteiger partial charge >= 0.3 is 0 Å². The SMILES string of the molecule is Cc1cccc(-n2c(-c3ccccc3O)nc3ccccc3c2=O)c1. The molecule has 4 nitrogen and oxygen atoms in total. The fourth-order valence-corrected chi connectivity index (χ4v) is 2.98. The smallest absolute Gasteiger partial charge is 0.266 e. The maximum Gasteiger partial charge on any atom is 0.266 e. The Morgan fingerprint density at radius 3 is 2.48 bits per heavy atom. The van der Waals surface area contributed by atoms with Gasteiger partial charge in [0.2, 0.25) is 0 Å². The van der Waals surface area contributed by atoms with Crippen LogP contribution in [0.1, 0.15) is 5.56 Å². The van der Waals surface area contributed by atoms with Crippen LogP contribution < -0.4 is 5.56 Å². The Labute approximate surface area is 144 Å². The van der Waals surface area contributed by atoms with E-state index in [1.165, 1.54) is 0 Å². The molecule has 0 aliphatic carbocycles. The van der Waals surface area contributed by atoms with Gasteiger partial charge in [-0.1, -0.05) is 36.4 Å². The Morgan fingerprint density at radius 1 is 0.920 bits per heavy atom. The van der Waals surface area contributed by atoms with Crippen LogP contribution in [0.3, 0.4) is 0 Å². The quantitative estimate of drug-likeness (QED) is 0.603. The Balaban J connectivity index is 2.16. The lowest BCUT2D eigenvalue weighted by molar-refractivity contribution is 0.476. The van der Waals surface area contributed by atoms with Crippen molar-refractivity contribution in [2.45, 2.75) is 6.92 Å². The molecule has 0 saturated heterocycles. The molecule has 1 N–H and O–H groups in total. The Morgan fingerprint density at radius 2 is 1.68 bits per heavy atom. The fraction of sp³-hybridized carbons (Fsp3) is 0.0476. The van der Waals surface area contributed by atoms with Crippen molar-refractivity contribution in [2.75, 3.05) is 0 Å². The second-order valence-corrected chi connectivity index (χ2v) is 5.95. The van der Waals surface area contributed by atoms with Gasteiger partial charge in [0.05, 0.1) is 22.2 Å². The second kappa shape index (κ2) is 5.91. The molecule has 0 amide bonds. The van der Waals surface area contributed by atoms with Crippen molar-refractivity contribution in [1.82, 2.24) is 9.55 Å². The zero-order chi connectivity index (χ0) is 17.4. The molecule has 0 aliphatic rings. The summed E-state index contributed by atoms with van der Waals surface area (Å²) in [5, 5.41) is 10.8. The van der Waals surface area contributed by atoms with E-state index in [9.17, 15) is 9.90 Å². The van der Waals surface area contributed by atoms with Gasteiger partial charge in [-0.05, 0) is 48.9 Å². The number of fused-ring (bicyclic) bond motifs is 1. The third kappa shape index (κ3) is 2.58. The van der Waals surface area contributed by atoms with E-state index < -0.39 is 0 Å². The van der Waals surface area contributed by atoms with E-state index >= 15 is 0 Å². The number of para-hydroxylation sites is 2. The standard InChI is InChI=1S/C21H16N2O2/c1-14-7-6-8-15(13-14)23-20(17-10-3-5-12-19(17)24)22-18-11-4-2-9-16(18)21(23)25/h2-13,24H,1H3. The molecule has 0 unspecified atom stereocenters. The number of aromatic nitrogens is 2. The van der Waals surface area contributed by atoms with E-state index in [2.05, 4.69) is 4.98 Å². The summed E-state index contributed by atoms with van der Waals surface area (Å²) in [6.07, 6.45) is 0. The van der Waals surface area contributed by atoms with E-state index in [4.69, 9.17) is 0 Å². The first kappa shape index (κ1) is 15.1. The molecular weight excluding hydrogens is 312 g/mol. The molecule has 0 radical (unpaired) electrons. The van der Waals surface area contributed by atoms with Gasteiger partial charge < -0.3 is 5.11 Å². The van der Waals surface area contributed by atoms with Crippen LogP contribution >= 0.6 is 0 Å². The van der Waals surface area contributed by atoms with E-state index in [-0.39, 0.29) is 11.3 Å². The highest BCUT2D eigenvalue weighted by atomic mass is 16.3.